The molecular weight excluding hydrogens is 167 g/mol. The molecule has 1 heterocycles. The van der Waals surface area contributed by atoms with E-state index in [1.54, 1.807) is 6.07 Å². The lowest BCUT2D eigenvalue weighted by atomic mass is 10.3. The summed E-state index contributed by atoms with van der Waals surface area (Å²) in [5, 5.41) is 0. The van der Waals surface area contributed by atoms with Gasteiger partial charge in [-0.05, 0) is 12.1 Å². The first-order valence-corrected chi connectivity index (χ1v) is 3.40. The molecule has 0 saturated heterocycles. The highest BCUT2D eigenvalue weighted by Crippen LogP contribution is 2.14. The molecule has 1 aromatic heterocycles. The van der Waals surface area contributed by atoms with Crippen molar-refractivity contribution in [2.24, 2.45) is 0 Å². The van der Waals surface area contributed by atoms with Crippen LogP contribution in [0.2, 0.25) is 0 Å². The monoisotopic (exact) mass is 170 g/mol. The van der Waals surface area contributed by atoms with Crippen LogP contribution in [0.4, 0.5) is 4.39 Å². The second-order valence-corrected chi connectivity index (χ2v) is 2.55. The molecule has 2 aromatic rings. The van der Waals surface area contributed by atoms with Gasteiger partial charge in [0.25, 0.3) is 0 Å². The summed E-state index contributed by atoms with van der Waals surface area (Å²) in [5.41, 5.74) is 1.29. The zero-order valence-electron chi connectivity index (χ0n) is 5.46. The van der Waals surface area contributed by atoms with Gasteiger partial charge >= 0.3 is 0 Å². The standard InChI is InChI=1S/C7H4ClFN2/c8-11-4-10-6-2-1-5(9)3-7(6)11/h1-4H. The van der Waals surface area contributed by atoms with Crippen molar-refractivity contribution in [3.05, 3.63) is 30.3 Å². The van der Waals surface area contributed by atoms with Crippen LogP contribution >= 0.6 is 11.8 Å². The topological polar surface area (TPSA) is 17.8 Å². The van der Waals surface area contributed by atoms with Crippen LogP contribution in [0.15, 0.2) is 24.5 Å². The van der Waals surface area contributed by atoms with E-state index in [2.05, 4.69) is 4.98 Å². The highest BCUT2D eigenvalue weighted by Gasteiger charge is 2.00. The first-order chi connectivity index (χ1) is 5.27. The van der Waals surface area contributed by atoms with E-state index in [1.807, 2.05) is 0 Å². The van der Waals surface area contributed by atoms with Gasteiger partial charge in [-0.25, -0.2) is 13.5 Å². The summed E-state index contributed by atoms with van der Waals surface area (Å²) in [4.78, 5) is 3.92. The molecule has 0 radical (unpaired) electrons. The molecule has 1 aromatic carbocycles. The first kappa shape index (κ1) is 6.61. The molecule has 0 unspecified atom stereocenters. The first-order valence-electron chi connectivity index (χ1n) is 3.06. The van der Waals surface area contributed by atoms with Gasteiger partial charge in [-0.1, -0.05) is 0 Å². The Kier molecular flexibility index (Phi) is 1.32. The van der Waals surface area contributed by atoms with Crippen molar-refractivity contribution in [2.75, 3.05) is 0 Å². The molecule has 0 bridgehead atoms. The zero-order valence-corrected chi connectivity index (χ0v) is 6.22. The van der Waals surface area contributed by atoms with E-state index in [-0.39, 0.29) is 5.82 Å². The molecule has 2 nitrogen and oxygen atoms in total. The third-order valence-corrected chi connectivity index (χ3v) is 1.74. The second-order valence-electron chi connectivity index (χ2n) is 2.19. The molecule has 0 N–H and O–H groups in total. The van der Waals surface area contributed by atoms with E-state index in [0.717, 1.165) is 0 Å². The highest BCUT2D eigenvalue weighted by atomic mass is 35.5. The van der Waals surface area contributed by atoms with Crippen LogP contribution in [-0.4, -0.2) is 9.07 Å². The van der Waals surface area contributed by atoms with Gasteiger partial charge in [-0.15, -0.1) is 0 Å². The summed E-state index contributed by atoms with van der Waals surface area (Å²) in [6, 6.07) is 4.28. The number of imidazole rings is 1. The molecule has 0 atom stereocenters. The Hall–Kier alpha value is -1.09. The molecule has 11 heavy (non-hydrogen) atoms. The van der Waals surface area contributed by atoms with Gasteiger partial charge in [0, 0.05) is 17.8 Å². The van der Waals surface area contributed by atoms with Crippen LogP contribution in [0.1, 0.15) is 0 Å². The van der Waals surface area contributed by atoms with E-state index in [9.17, 15) is 4.39 Å². The van der Waals surface area contributed by atoms with Crippen LogP contribution in [0.5, 0.6) is 0 Å². The van der Waals surface area contributed by atoms with Gasteiger partial charge in [0.1, 0.15) is 12.1 Å². The number of hydrogen-bond acceptors (Lipinski definition) is 1. The predicted octanol–water partition coefficient (Wildman–Crippen LogP) is 2.18. The van der Waals surface area contributed by atoms with Crippen LogP contribution in [-0.2, 0) is 0 Å². The van der Waals surface area contributed by atoms with Crippen molar-refractivity contribution in [3.8, 4) is 0 Å². The Balaban J connectivity index is 2.87. The molecule has 0 aliphatic carbocycles. The fourth-order valence-corrected chi connectivity index (χ4v) is 1.13. The summed E-state index contributed by atoms with van der Waals surface area (Å²) in [6.45, 7) is 0. The quantitative estimate of drug-likeness (QED) is 0.593. The Bertz CT molecular complexity index is 396. The Morgan fingerprint density at radius 2 is 2.27 bits per heavy atom. The van der Waals surface area contributed by atoms with Gasteiger partial charge < -0.3 is 0 Å². The number of nitrogens with zero attached hydrogens (tertiary/aromatic N) is 2. The number of hydrogen-bond donors (Lipinski definition) is 0. The molecule has 0 spiro atoms. The van der Waals surface area contributed by atoms with E-state index >= 15 is 0 Å². The summed E-state index contributed by atoms with van der Waals surface area (Å²) >= 11 is 5.63. The molecule has 56 valence electrons. The maximum atomic E-state index is 12.6. The van der Waals surface area contributed by atoms with E-state index in [1.165, 1.54) is 22.5 Å². The third kappa shape index (κ3) is 0.973. The second kappa shape index (κ2) is 2.20. The fraction of sp³-hybridized carbons (Fsp3) is 0. The maximum absolute atomic E-state index is 12.6. The van der Waals surface area contributed by atoms with Crippen LogP contribution < -0.4 is 0 Å². The van der Waals surface area contributed by atoms with E-state index in [0.29, 0.717) is 11.0 Å². The summed E-state index contributed by atoms with van der Waals surface area (Å²) in [7, 11) is 0. The van der Waals surface area contributed by atoms with Gasteiger partial charge in [-0.3, -0.25) is 0 Å². The van der Waals surface area contributed by atoms with Gasteiger partial charge in [-0.2, -0.15) is 0 Å². The highest BCUT2D eigenvalue weighted by molar-refractivity contribution is 6.18. The van der Waals surface area contributed by atoms with Crippen LogP contribution in [0.25, 0.3) is 11.0 Å². The number of rotatable bonds is 0. The largest absolute Gasteiger partial charge is 0.241 e. The minimum Gasteiger partial charge on any atom is -0.241 e. The van der Waals surface area contributed by atoms with Gasteiger partial charge in [0.05, 0.1) is 11.0 Å². The molecule has 0 saturated carbocycles. The van der Waals surface area contributed by atoms with Crippen molar-refractivity contribution in [3.63, 3.8) is 0 Å². The third-order valence-electron chi connectivity index (χ3n) is 1.47. The van der Waals surface area contributed by atoms with Crippen molar-refractivity contribution < 1.29 is 4.39 Å². The molecule has 0 fully saturated rings. The zero-order chi connectivity index (χ0) is 7.84. The number of fused-ring (bicyclic) bond motifs is 1. The van der Waals surface area contributed by atoms with Crippen LogP contribution in [0, 0.1) is 5.82 Å². The lowest BCUT2D eigenvalue weighted by Gasteiger charge is -1.90. The average molecular weight is 171 g/mol. The SMILES string of the molecule is Fc1ccc2ncn(Cl)c2c1. The number of halogens is 2. The summed E-state index contributed by atoms with van der Waals surface area (Å²) in [5.74, 6) is -0.306. The van der Waals surface area contributed by atoms with E-state index in [4.69, 9.17) is 11.8 Å². The summed E-state index contributed by atoms with van der Waals surface area (Å²) in [6.07, 6.45) is 1.44. The Labute approximate surface area is 67.3 Å². The smallest absolute Gasteiger partial charge is 0.125 e. The molecule has 4 heteroatoms. The molecule has 0 amide bonds. The lowest BCUT2D eigenvalue weighted by molar-refractivity contribution is 0.629. The van der Waals surface area contributed by atoms with Crippen molar-refractivity contribution in [1.82, 2.24) is 9.07 Å². The Morgan fingerprint density at radius 3 is 3.09 bits per heavy atom. The summed E-state index contributed by atoms with van der Waals surface area (Å²) < 4.78 is 13.9. The lowest BCUT2D eigenvalue weighted by Crippen LogP contribution is -1.77. The normalized spacial score (nSPS) is 10.7. The minimum atomic E-state index is -0.306. The molecule has 0 aliphatic heterocycles. The number of benzene rings is 1. The maximum Gasteiger partial charge on any atom is 0.125 e. The van der Waals surface area contributed by atoms with Crippen molar-refractivity contribution in [2.45, 2.75) is 0 Å². The molecule has 2 rings (SSSR count). The minimum absolute atomic E-state index is 0.306. The van der Waals surface area contributed by atoms with E-state index < -0.39 is 0 Å². The average Bonchev–Trinajstić information content (AvgIpc) is 2.33. The van der Waals surface area contributed by atoms with Crippen LogP contribution in [0.3, 0.4) is 0 Å². The van der Waals surface area contributed by atoms with Gasteiger partial charge in [0.2, 0.25) is 0 Å². The fourth-order valence-electron chi connectivity index (χ4n) is 0.952. The van der Waals surface area contributed by atoms with Gasteiger partial charge in [0.15, 0.2) is 0 Å². The van der Waals surface area contributed by atoms with Crippen molar-refractivity contribution in [1.29, 1.82) is 0 Å². The predicted molar refractivity (Wildman–Crippen MR) is 40.9 cm³/mol. The molecular formula is C7H4ClFN2. The number of aromatic nitrogens is 2. The Morgan fingerprint density at radius 1 is 1.45 bits per heavy atom. The molecule has 0 aliphatic rings. The van der Waals surface area contributed by atoms with Crippen molar-refractivity contribution >= 4 is 22.8 Å².